The first-order chi connectivity index (χ1) is 24.8. The lowest BCUT2D eigenvalue weighted by molar-refractivity contribution is -0.384. The fraction of sp³-hybridized carbons (Fsp3) is 0.524. The van der Waals surface area contributed by atoms with E-state index in [1.165, 1.54) is 18.6 Å². The van der Waals surface area contributed by atoms with Gasteiger partial charge in [-0.3, -0.25) is 24.6 Å². The lowest BCUT2D eigenvalue weighted by Gasteiger charge is -2.62. The van der Waals surface area contributed by atoms with Crippen LogP contribution in [0, 0.1) is 33.3 Å². The third kappa shape index (κ3) is 8.03. The van der Waals surface area contributed by atoms with Gasteiger partial charge in [0.2, 0.25) is 5.91 Å². The Bertz CT molecular complexity index is 1760. The van der Waals surface area contributed by atoms with Crippen molar-refractivity contribution < 1.29 is 19.2 Å². The fourth-order valence-electron chi connectivity index (χ4n) is 9.27. The van der Waals surface area contributed by atoms with Crippen molar-refractivity contribution in [2.75, 3.05) is 34.3 Å². The number of nitro benzene ring substituents is 1. The Balaban J connectivity index is 1.23. The van der Waals surface area contributed by atoms with E-state index in [9.17, 15) is 19.7 Å². The number of carbonyl (C=O) groups excluding carboxylic acids is 2. The topological polar surface area (TPSA) is 117 Å². The van der Waals surface area contributed by atoms with Gasteiger partial charge in [0.1, 0.15) is 5.75 Å². The highest BCUT2D eigenvalue weighted by Gasteiger charge is 2.56. The van der Waals surface area contributed by atoms with E-state index in [1.54, 1.807) is 13.2 Å². The molecule has 1 saturated heterocycles. The molecule has 0 spiro atoms. The number of piperidine rings is 1. The quantitative estimate of drug-likeness (QED) is 0.150. The average molecular weight is 710 g/mol. The first kappa shape index (κ1) is 37.5. The number of ether oxygens (including phenoxy) is 1. The van der Waals surface area contributed by atoms with Gasteiger partial charge in [-0.2, -0.15) is 0 Å². The minimum absolute atomic E-state index is 0.111. The summed E-state index contributed by atoms with van der Waals surface area (Å²) in [5.74, 6) is 2.10. The third-order valence-corrected chi connectivity index (χ3v) is 12.2. The molecule has 3 aliphatic carbocycles. The van der Waals surface area contributed by atoms with Gasteiger partial charge in [0.15, 0.2) is 0 Å². The Morgan fingerprint density at radius 3 is 2.50 bits per heavy atom. The number of non-ortho nitro benzene ring substituents is 1. The van der Waals surface area contributed by atoms with E-state index >= 15 is 0 Å². The summed E-state index contributed by atoms with van der Waals surface area (Å²) in [7, 11) is 5.50. The Hall–Kier alpha value is -4.28. The van der Waals surface area contributed by atoms with Crippen LogP contribution in [0.1, 0.15) is 74.4 Å². The second kappa shape index (κ2) is 15.8. The molecule has 2 N–H and O–H groups in total. The molecule has 278 valence electrons. The second-order valence-electron chi connectivity index (χ2n) is 16.2. The largest absolute Gasteiger partial charge is 0.496 e. The minimum atomic E-state index is -0.466. The maximum absolute atomic E-state index is 13.9. The van der Waals surface area contributed by atoms with E-state index in [-0.39, 0.29) is 41.2 Å². The normalized spacial score (nSPS) is 24.4. The molecule has 0 unspecified atom stereocenters. The Labute approximate surface area is 308 Å². The fourth-order valence-corrected chi connectivity index (χ4v) is 9.27. The van der Waals surface area contributed by atoms with Crippen molar-refractivity contribution in [3.63, 3.8) is 0 Å². The molecule has 1 aliphatic heterocycles. The van der Waals surface area contributed by atoms with Crippen LogP contribution in [-0.2, 0) is 17.8 Å². The van der Waals surface area contributed by atoms with Crippen molar-refractivity contribution in [1.82, 2.24) is 20.4 Å². The highest BCUT2D eigenvalue weighted by molar-refractivity contribution is 5.97. The lowest BCUT2D eigenvalue weighted by atomic mass is 9.45. The number of rotatable bonds is 13. The summed E-state index contributed by atoms with van der Waals surface area (Å²) in [4.78, 5) is 43.6. The minimum Gasteiger partial charge on any atom is -0.496 e. The molecule has 10 nitrogen and oxygen atoms in total. The molecule has 0 aromatic heterocycles. The van der Waals surface area contributed by atoms with Gasteiger partial charge in [0.25, 0.3) is 11.6 Å². The second-order valence-corrected chi connectivity index (χ2v) is 16.2. The number of methoxy groups -OCH3 is 1. The number of nitro groups is 1. The summed E-state index contributed by atoms with van der Waals surface area (Å²) < 4.78 is 6.01. The molecule has 3 aromatic rings. The van der Waals surface area contributed by atoms with Crippen LogP contribution in [0.3, 0.4) is 0 Å². The van der Waals surface area contributed by atoms with Crippen molar-refractivity contribution >= 4 is 17.5 Å². The van der Waals surface area contributed by atoms with Crippen LogP contribution in [0.2, 0.25) is 0 Å². The van der Waals surface area contributed by atoms with Crippen LogP contribution in [0.15, 0.2) is 66.7 Å². The predicted molar refractivity (Wildman–Crippen MR) is 204 cm³/mol. The molecule has 10 heteroatoms. The van der Waals surface area contributed by atoms with Crippen LogP contribution >= 0.6 is 0 Å². The number of benzene rings is 3. The van der Waals surface area contributed by atoms with E-state index < -0.39 is 4.92 Å². The van der Waals surface area contributed by atoms with Crippen molar-refractivity contribution in [2.45, 2.75) is 84.0 Å². The van der Waals surface area contributed by atoms with Crippen LogP contribution in [0.5, 0.6) is 5.75 Å². The summed E-state index contributed by atoms with van der Waals surface area (Å²) in [6.07, 6.45) is 5.75. The molecule has 2 bridgehead atoms. The maximum atomic E-state index is 13.9. The maximum Gasteiger partial charge on any atom is 0.270 e. The summed E-state index contributed by atoms with van der Waals surface area (Å²) in [5, 5.41) is 18.8. The molecule has 0 radical (unpaired) electrons. The Kier molecular flexibility index (Phi) is 11.4. The molecule has 6 atom stereocenters. The number of nitrogens with one attached hydrogen (secondary N) is 2. The third-order valence-electron chi connectivity index (χ3n) is 12.2. The monoisotopic (exact) mass is 709 g/mol. The van der Waals surface area contributed by atoms with Gasteiger partial charge >= 0.3 is 0 Å². The average Bonchev–Trinajstić information content (AvgIpc) is 3.12. The molecular weight excluding hydrogens is 654 g/mol. The number of para-hydroxylation sites is 1. The first-order valence-electron chi connectivity index (χ1n) is 18.8. The van der Waals surface area contributed by atoms with Crippen LogP contribution < -0.4 is 15.4 Å². The lowest BCUT2D eigenvalue weighted by Crippen LogP contribution is -2.62. The van der Waals surface area contributed by atoms with Gasteiger partial charge in [-0.05, 0) is 93.1 Å². The molecule has 1 heterocycles. The van der Waals surface area contributed by atoms with Gasteiger partial charge < -0.3 is 20.3 Å². The highest BCUT2D eigenvalue weighted by atomic mass is 16.6. The number of hydrogen-bond acceptors (Lipinski definition) is 7. The van der Waals surface area contributed by atoms with Gasteiger partial charge in [0.05, 0.1) is 18.1 Å². The zero-order valence-electron chi connectivity index (χ0n) is 31.6. The van der Waals surface area contributed by atoms with E-state index in [1.807, 2.05) is 67.5 Å². The number of likely N-dealkylation sites (N-methyl/N-ethyl adjacent to an activating group) is 1. The molecule has 4 aliphatic rings. The van der Waals surface area contributed by atoms with Crippen LogP contribution in [-0.4, -0.2) is 79.0 Å². The zero-order valence-corrected chi connectivity index (χ0v) is 31.6. The van der Waals surface area contributed by atoms with Crippen LogP contribution in [0.25, 0.3) is 11.1 Å². The van der Waals surface area contributed by atoms with Crippen molar-refractivity contribution in [2.24, 2.45) is 23.2 Å². The summed E-state index contributed by atoms with van der Waals surface area (Å²) in [6.45, 7) is 8.96. The van der Waals surface area contributed by atoms with E-state index in [2.05, 4.69) is 36.3 Å². The molecule has 3 saturated carbocycles. The Morgan fingerprint density at radius 1 is 1.06 bits per heavy atom. The molecule has 7 rings (SSSR count). The Morgan fingerprint density at radius 2 is 1.83 bits per heavy atom. The number of hydrogen-bond donors (Lipinski definition) is 2. The van der Waals surface area contributed by atoms with Crippen LogP contribution in [0.4, 0.5) is 5.69 Å². The summed E-state index contributed by atoms with van der Waals surface area (Å²) in [6, 6.07) is 20.0. The predicted octanol–water partition coefficient (Wildman–Crippen LogP) is 6.71. The van der Waals surface area contributed by atoms with E-state index in [0.29, 0.717) is 59.6 Å². The van der Waals surface area contributed by atoms with Crippen molar-refractivity contribution in [1.29, 1.82) is 0 Å². The molecule has 52 heavy (non-hydrogen) atoms. The molecule has 4 fully saturated rings. The standard InChI is InChI=1S/C42H55N5O5/c1-27-36-23-32(42(36,2)3)24-37(27)44-41(49)38-17-10-11-18-46(38)25-29-15-12-16-35(39(29)52-6)30-20-31(22-34(21-30)47(50)51)40(48)43-33(26-45(4)5)19-28-13-8-7-9-14-28/h7-9,12-16,20-22,27,32-33,36-38H,10-11,17-19,23-26H2,1-6H3,(H,43,48)(H,44,49)/t27-,32+,33-,36-,37-,38-/m0/s1. The van der Waals surface area contributed by atoms with Gasteiger partial charge in [0, 0.05) is 54.0 Å². The van der Waals surface area contributed by atoms with Gasteiger partial charge in [-0.15, -0.1) is 0 Å². The van der Waals surface area contributed by atoms with Crippen molar-refractivity contribution in [3.8, 4) is 16.9 Å². The molecule has 2 amide bonds. The van der Waals surface area contributed by atoms with Gasteiger partial charge in [-0.25, -0.2) is 0 Å². The molecular formula is C42H55N5O5. The SMILES string of the molecule is COc1c(CN2CCCC[C@H]2C(=O)N[C@H]2C[C@H]3C[C@@H]([C@@H]2C)C3(C)C)cccc1-c1cc(C(=O)N[C@@H](Cc2ccccc2)CN(C)C)cc([N+](=O)[O-])c1. The van der Waals surface area contributed by atoms with Crippen molar-refractivity contribution in [3.05, 3.63) is 93.5 Å². The number of nitrogens with zero attached hydrogens (tertiary/aromatic N) is 3. The smallest absolute Gasteiger partial charge is 0.270 e. The first-order valence-corrected chi connectivity index (χ1v) is 18.8. The number of carbonyl (C=O) groups is 2. The summed E-state index contributed by atoms with van der Waals surface area (Å²) in [5.41, 5.74) is 3.55. The van der Waals surface area contributed by atoms with Gasteiger partial charge in [-0.1, -0.05) is 75.7 Å². The van der Waals surface area contributed by atoms with E-state index in [4.69, 9.17) is 4.74 Å². The van der Waals surface area contributed by atoms with E-state index in [0.717, 1.165) is 43.4 Å². The summed E-state index contributed by atoms with van der Waals surface area (Å²) >= 11 is 0. The number of likely N-dealkylation sites (tertiary alicyclic amines) is 1. The number of fused-ring (bicyclic) bond motifs is 2. The zero-order chi connectivity index (χ0) is 37.2. The molecule has 3 aromatic carbocycles. The highest BCUT2D eigenvalue weighted by Crippen LogP contribution is 2.61. The number of amides is 2.